The number of ketones is 1. The third kappa shape index (κ3) is 5.02. The highest BCUT2D eigenvalue weighted by molar-refractivity contribution is 7.14. The molecule has 36 heavy (non-hydrogen) atoms. The predicted molar refractivity (Wildman–Crippen MR) is 136 cm³/mol. The van der Waals surface area contributed by atoms with Crippen molar-refractivity contribution in [2.24, 2.45) is 5.92 Å². The van der Waals surface area contributed by atoms with Crippen molar-refractivity contribution < 1.29 is 28.6 Å². The molecular formula is C27H30N2O6S. The quantitative estimate of drug-likeness (QED) is 0.356. The molecule has 3 aromatic rings. The van der Waals surface area contributed by atoms with Crippen LogP contribution in [0.2, 0.25) is 0 Å². The number of methoxy groups -OCH3 is 1. The number of amides is 1. The Bertz CT molecular complexity index is 1290. The maximum absolute atomic E-state index is 13.7. The van der Waals surface area contributed by atoms with Crippen molar-refractivity contribution in [2.75, 3.05) is 13.7 Å². The second-order valence-corrected chi connectivity index (χ2v) is 10.3. The Morgan fingerprint density at radius 2 is 2.03 bits per heavy atom. The Hall–Kier alpha value is -3.59. The van der Waals surface area contributed by atoms with E-state index in [2.05, 4.69) is 18.8 Å². The minimum Gasteiger partial charge on any atom is -0.503 e. The summed E-state index contributed by atoms with van der Waals surface area (Å²) in [7, 11) is 1.54. The van der Waals surface area contributed by atoms with Crippen LogP contribution in [0.5, 0.6) is 11.5 Å². The molecule has 0 bridgehead atoms. The normalized spacial score (nSPS) is 15.8. The molecule has 1 aliphatic heterocycles. The molecule has 0 spiro atoms. The van der Waals surface area contributed by atoms with Crippen molar-refractivity contribution in [3.8, 4) is 11.5 Å². The van der Waals surface area contributed by atoms with Gasteiger partial charge in [0.25, 0.3) is 5.91 Å². The van der Waals surface area contributed by atoms with Crippen molar-refractivity contribution in [3.63, 3.8) is 0 Å². The second kappa shape index (κ2) is 10.6. The summed E-state index contributed by atoms with van der Waals surface area (Å²) in [5.41, 5.74) is 1.17. The summed E-state index contributed by atoms with van der Waals surface area (Å²) in [6.45, 7) is 8.41. The van der Waals surface area contributed by atoms with Crippen molar-refractivity contribution in [3.05, 3.63) is 74.8 Å². The summed E-state index contributed by atoms with van der Waals surface area (Å²) in [4.78, 5) is 33.1. The van der Waals surface area contributed by atoms with Gasteiger partial charge in [0.1, 0.15) is 5.76 Å². The van der Waals surface area contributed by atoms with E-state index in [9.17, 15) is 14.7 Å². The van der Waals surface area contributed by atoms with E-state index >= 15 is 0 Å². The van der Waals surface area contributed by atoms with Crippen molar-refractivity contribution in [2.45, 2.75) is 46.7 Å². The number of hydrogen-bond donors (Lipinski definition) is 1. The van der Waals surface area contributed by atoms with Gasteiger partial charge in [0.2, 0.25) is 5.78 Å². The molecule has 1 aliphatic rings. The SMILES string of the molecule is COc1cc(C2C(C(=O)c3sc(C)nc3C)=C(O)C(=O)N2Cc2ccco2)ccc1OCCC(C)C. The molecule has 1 unspecified atom stereocenters. The fourth-order valence-corrected chi connectivity index (χ4v) is 5.08. The molecule has 1 atom stereocenters. The lowest BCUT2D eigenvalue weighted by Crippen LogP contribution is -2.30. The lowest BCUT2D eigenvalue weighted by Gasteiger charge is -2.26. The highest BCUT2D eigenvalue weighted by atomic mass is 32.1. The molecule has 9 heteroatoms. The number of ether oxygens (including phenoxy) is 2. The minimum absolute atomic E-state index is 0.00818. The number of aliphatic hydroxyl groups is 1. The minimum atomic E-state index is -0.851. The Balaban J connectivity index is 1.76. The molecule has 8 nitrogen and oxygen atoms in total. The van der Waals surface area contributed by atoms with E-state index in [0.29, 0.717) is 45.9 Å². The van der Waals surface area contributed by atoms with Gasteiger partial charge in [-0.1, -0.05) is 19.9 Å². The third-order valence-electron chi connectivity index (χ3n) is 6.02. The first-order chi connectivity index (χ1) is 17.2. The van der Waals surface area contributed by atoms with Crippen LogP contribution in [0.15, 0.2) is 52.3 Å². The summed E-state index contributed by atoms with van der Waals surface area (Å²) >= 11 is 1.24. The number of aromatic nitrogens is 1. The summed E-state index contributed by atoms with van der Waals surface area (Å²) in [5, 5.41) is 11.7. The maximum atomic E-state index is 13.7. The summed E-state index contributed by atoms with van der Waals surface area (Å²) < 4.78 is 17.0. The molecule has 0 radical (unpaired) electrons. The largest absolute Gasteiger partial charge is 0.503 e. The van der Waals surface area contributed by atoms with E-state index < -0.39 is 23.5 Å². The molecule has 1 amide bonds. The third-order valence-corrected chi connectivity index (χ3v) is 7.09. The van der Waals surface area contributed by atoms with Crippen LogP contribution in [0, 0.1) is 19.8 Å². The number of benzene rings is 1. The lowest BCUT2D eigenvalue weighted by molar-refractivity contribution is -0.130. The van der Waals surface area contributed by atoms with Gasteiger partial charge in [-0.2, -0.15) is 0 Å². The van der Waals surface area contributed by atoms with Gasteiger partial charge in [-0.3, -0.25) is 9.59 Å². The summed E-state index contributed by atoms with van der Waals surface area (Å²) in [6, 6.07) is 7.91. The van der Waals surface area contributed by atoms with Gasteiger partial charge in [0, 0.05) is 0 Å². The molecule has 0 aliphatic carbocycles. The zero-order valence-electron chi connectivity index (χ0n) is 21.0. The van der Waals surface area contributed by atoms with Gasteiger partial charge in [0.05, 0.1) is 53.7 Å². The first-order valence-corrected chi connectivity index (χ1v) is 12.6. The molecule has 0 saturated heterocycles. The molecule has 0 saturated carbocycles. The van der Waals surface area contributed by atoms with Crippen molar-refractivity contribution >= 4 is 23.0 Å². The van der Waals surface area contributed by atoms with E-state index in [1.54, 1.807) is 37.3 Å². The van der Waals surface area contributed by atoms with E-state index in [1.807, 2.05) is 6.92 Å². The summed E-state index contributed by atoms with van der Waals surface area (Å²) in [6.07, 6.45) is 2.40. The van der Waals surface area contributed by atoms with Gasteiger partial charge in [0.15, 0.2) is 17.3 Å². The van der Waals surface area contributed by atoms with Crippen LogP contribution in [0.4, 0.5) is 0 Å². The molecule has 1 N–H and O–H groups in total. The smallest absolute Gasteiger partial charge is 0.290 e. The van der Waals surface area contributed by atoms with Gasteiger partial charge >= 0.3 is 0 Å². The molecule has 190 valence electrons. The maximum Gasteiger partial charge on any atom is 0.290 e. The van der Waals surface area contributed by atoms with E-state index in [-0.39, 0.29) is 12.1 Å². The molecule has 2 aromatic heterocycles. The zero-order chi connectivity index (χ0) is 26.0. The first-order valence-electron chi connectivity index (χ1n) is 11.8. The number of carbonyl (C=O) groups excluding carboxylic acids is 2. The predicted octanol–water partition coefficient (Wildman–Crippen LogP) is 5.56. The number of nitrogens with zero attached hydrogens (tertiary/aromatic N) is 2. The monoisotopic (exact) mass is 510 g/mol. The number of thiazole rings is 1. The van der Waals surface area contributed by atoms with Crippen LogP contribution in [-0.4, -0.2) is 40.4 Å². The van der Waals surface area contributed by atoms with Crippen molar-refractivity contribution in [1.82, 2.24) is 9.88 Å². The van der Waals surface area contributed by atoms with Gasteiger partial charge in [-0.15, -0.1) is 11.3 Å². The number of rotatable bonds is 10. The van der Waals surface area contributed by atoms with E-state index in [1.165, 1.54) is 29.6 Å². The fourth-order valence-electron chi connectivity index (χ4n) is 4.21. The van der Waals surface area contributed by atoms with Gasteiger partial charge in [-0.25, -0.2) is 4.98 Å². The standard InChI is InChI=1S/C27H30N2O6S/c1-15(2)10-12-35-20-9-8-18(13-21(20)33-5)23-22(24(30)26-16(3)28-17(4)36-26)25(31)27(32)29(23)14-19-7-6-11-34-19/h6-9,11,13,15,23,31H,10,12,14H2,1-5H3. The number of hydrogen-bond acceptors (Lipinski definition) is 8. The highest BCUT2D eigenvalue weighted by Crippen LogP contribution is 2.43. The van der Waals surface area contributed by atoms with Crippen LogP contribution in [-0.2, 0) is 11.3 Å². The van der Waals surface area contributed by atoms with Crippen LogP contribution >= 0.6 is 11.3 Å². The first kappa shape index (κ1) is 25.5. The van der Waals surface area contributed by atoms with Crippen LogP contribution in [0.3, 0.4) is 0 Å². The topological polar surface area (TPSA) is 102 Å². The fraction of sp³-hybridized carbons (Fsp3) is 0.370. The average molecular weight is 511 g/mol. The highest BCUT2D eigenvalue weighted by Gasteiger charge is 2.45. The van der Waals surface area contributed by atoms with Crippen LogP contribution in [0.1, 0.15) is 58.0 Å². The van der Waals surface area contributed by atoms with Crippen LogP contribution in [0.25, 0.3) is 0 Å². The Morgan fingerprint density at radius 3 is 2.64 bits per heavy atom. The molecule has 4 rings (SSSR count). The van der Waals surface area contributed by atoms with Gasteiger partial charge in [-0.05, 0) is 56.0 Å². The Morgan fingerprint density at radius 1 is 1.25 bits per heavy atom. The van der Waals surface area contributed by atoms with Crippen molar-refractivity contribution in [1.29, 1.82) is 0 Å². The number of aryl methyl sites for hydroxylation is 2. The number of Topliss-reactive ketones (excluding diaryl/α,β-unsaturated/α-hetero) is 1. The molecule has 0 fully saturated rings. The second-order valence-electron chi connectivity index (χ2n) is 9.10. The molecular weight excluding hydrogens is 480 g/mol. The van der Waals surface area contributed by atoms with Crippen LogP contribution < -0.4 is 9.47 Å². The van der Waals surface area contributed by atoms with E-state index in [0.717, 1.165) is 11.4 Å². The lowest BCUT2D eigenvalue weighted by atomic mass is 9.94. The van der Waals surface area contributed by atoms with E-state index in [4.69, 9.17) is 13.9 Å². The van der Waals surface area contributed by atoms with Gasteiger partial charge < -0.3 is 23.9 Å². The average Bonchev–Trinajstić information content (AvgIpc) is 3.54. The Kier molecular flexibility index (Phi) is 7.49. The Labute approximate surface area is 214 Å². The number of aliphatic hydroxyl groups excluding tert-OH is 1. The zero-order valence-corrected chi connectivity index (χ0v) is 21.8. The number of carbonyl (C=O) groups is 2. The summed E-state index contributed by atoms with van der Waals surface area (Å²) in [5.74, 6) is 0.430. The molecule has 1 aromatic carbocycles. The number of furan rings is 1. The molecule has 3 heterocycles.